The van der Waals surface area contributed by atoms with E-state index in [-0.39, 0.29) is 39.7 Å². The molecule has 2 N–H and O–H groups in total. The predicted molar refractivity (Wildman–Crippen MR) is 131 cm³/mol. The topological polar surface area (TPSA) is 112 Å². The van der Waals surface area contributed by atoms with Crippen LogP contribution in [0.25, 0.3) is 10.8 Å². The van der Waals surface area contributed by atoms with Gasteiger partial charge < -0.3 is 14.6 Å². The third-order valence-corrected chi connectivity index (χ3v) is 9.52. The van der Waals surface area contributed by atoms with Crippen LogP contribution in [0.1, 0.15) is 11.3 Å². The van der Waals surface area contributed by atoms with Crippen molar-refractivity contribution in [3.63, 3.8) is 0 Å². The van der Waals surface area contributed by atoms with Crippen LogP contribution in [0.5, 0.6) is 0 Å². The molecule has 2 aromatic heterocycles. The van der Waals surface area contributed by atoms with Crippen molar-refractivity contribution in [3.8, 4) is 0 Å². The first kappa shape index (κ1) is 23.3. The van der Waals surface area contributed by atoms with Gasteiger partial charge in [0, 0.05) is 48.5 Å². The standard InChI is InChI=1S/C23H21BF2N5O3P/c24-23(33,20-16-4-3-15(25)13-17(16)21(32)30-29-20)14-2-5-18(26)19(12-14)35(34)10-8-31(9-11-35)22-27-6-1-7-28-22/h1-7,12-13,33H,8-11,24H2,(H,30,32). The van der Waals surface area contributed by atoms with Crippen molar-refractivity contribution >= 4 is 37.0 Å². The maximum atomic E-state index is 15.0. The summed E-state index contributed by atoms with van der Waals surface area (Å²) in [4.78, 5) is 22.5. The molecule has 5 rings (SSSR count). The minimum atomic E-state index is -3.12. The number of aliphatic hydroxyl groups is 1. The van der Waals surface area contributed by atoms with Crippen LogP contribution >= 0.6 is 7.14 Å². The van der Waals surface area contributed by atoms with E-state index in [1.807, 2.05) is 4.90 Å². The maximum Gasteiger partial charge on any atom is 0.272 e. The van der Waals surface area contributed by atoms with Crippen molar-refractivity contribution in [1.29, 1.82) is 0 Å². The Labute approximate surface area is 199 Å². The van der Waals surface area contributed by atoms with Gasteiger partial charge in [-0.3, -0.25) is 4.79 Å². The van der Waals surface area contributed by atoms with Crippen molar-refractivity contribution in [2.75, 3.05) is 30.3 Å². The fourth-order valence-electron chi connectivity index (χ4n) is 4.46. The first-order valence-corrected chi connectivity index (χ1v) is 13.1. The van der Waals surface area contributed by atoms with E-state index in [0.717, 1.165) is 6.07 Å². The summed E-state index contributed by atoms with van der Waals surface area (Å²) in [5.74, 6) is -0.684. The average molecular weight is 495 g/mol. The third kappa shape index (κ3) is 4.15. The van der Waals surface area contributed by atoms with Gasteiger partial charge in [-0.2, -0.15) is 5.10 Å². The predicted octanol–water partition coefficient (Wildman–Crippen LogP) is 1.33. The fraction of sp³-hybridized carbons (Fsp3) is 0.217. The van der Waals surface area contributed by atoms with Crippen LogP contribution < -0.4 is 15.8 Å². The zero-order chi connectivity index (χ0) is 24.8. The molecule has 1 aliphatic rings. The molecule has 1 atom stereocenters. The van der Waals surface area contributed by atoms with Gasteiger partial charge in [-0.1, -0.05) is 6.07 Å². The molecule has 1 saturated heterocycles. The van der Waals surface area contributed by atoms with Crippen LogP contribution in [0.2, 0.25) is 0 Å². The summed E-state index contributed by atoms with van der Waals surface area (Å²) >= 11 is 0. The molecule has 2 aromatic carbocycles. The van der Waals surface area contributed by atoms with Gasteiger partial charge in [-0.05, 0) is 42.0 Å². The van der Waals surface area contributed by atoms with Gasteiger partial charge in [0.1, 0.15) is 18.8 Å². The Bertz CT molecular complexity index is 1520. The molecule has 3 heterocycles. The second-order valence-corrected chi connectivity index (χ2v) is 11.9. The number of H-pyrrole nitrogens is 1. The molecule has 12 heteroatoms. The molecule has 35 heavy (non-hydrogen) atoms. The highest BCUT2D eigenvalue weighted by atomic mass is 31.2. The average Bonchev–Trinajstić information content (AvgIpc) is 2.85. The molecule has 1 unspecified atom stereocenters. The molecular weight excluding hydrogens is 474 g/mol. The number of hydrogen-bond acceptors (Lipinski definition) is 7. The summed E-state index contributed by atoms with van der Waals surface area (Å²) in [5.41, 5.74) is -2.07. The molecule has 1 fully saturated rings. The van der Waals surface area contributed by atoms with E-state index in [0.29, 0.717) is 19.0 Å². The summed E-state index contributed by atoms with van der Waals surface area (Å²) < 4.78 is 42.5. The fourth-order valence-corrected chi connectivity index (χ4v) is 7.13. The minimum absolute atomic E-state index is 0.0286. The lowest BCUT2D eigenvalue weighted by Crippen LogP contribution is -2.39. The van der Waals surface area contributed by atoms with E-state index in [2.05, 4.69) is 20.2 Å². The van der Waals surface area contributed by atoms with Gasteiger partial charge in [-0.25, -0.2) is 23.8 Å². The van der Waals surface area contributed by atoms with Crippen LogP contribution in [0.4, 0.5) is 14.7 Å². The molecule has 178 valence electrons. The zero-order valence-electron chi connectivity index (χ0n) is 18.8. The molecule has 0 aliphatic carbocycles. The van der Waals surface area contributed by atoms with Crippen LogP contribution in [-0.2, 0) is 10.1 Å². The minimum Gasteiger partial charge on any atom is -0.388 e. The quantitative estimate of drug-likeness (QED) is 0.325. The lowest BCUT2D eigenvalue weighted by atomic mass is 9.72. The second-order valence-electron chi connectivity index (χ2n) is 8.70. The Morgan fingerprint density at radius 3 is 2.49 bits per heavy atom. The van der Waals surface area contributed by atoms with E-state index >= 15 is 0 Å². The van der Waals surface area contributed by atoms with Crippen molar-refractivity contribution < 1.29 is 18.5 Å². The Balaban J connectivity index is 1.51. The molecule has 1 aliphatic heterocycles. The van der Waals surface area contributed by atoms with Crippen molar-refractivity contribution in [1.82, 2.24) is 20.2 Å². The molecule has 0 bridgehead atoms. The Hall–Kier alpha value is -3.43. The van der Waals surface area contributed by atoms with E-state index in [9.17, 15) is 23.2 Å². The van der Waals surface area contributed by atoms with Crippen LogP contribution in [0, 0.1) is 11.6 Å². The number of benzene rings is 2. The number of hydrogen-bond donors (Lipinski definition) is 2. The Morgan fingerprint density at radius 2 is 1.77 bits per heavy atom. The monoisotopic (exact) mass is 495 g/mol. The van der Waals surface area contributed by atoms with E-state index < -0.39 is 29.8 Å². The Morgan fingerprint density at radius 1 is 1.06 bits per heavy atom. The smallest absolute Gasteiger partial charge is 0.272 e. The summed E-state index contributed by atoms with van der Waals surface area (Å²) in [6.45, 7) is 0.804. The number of halogens is 2. The lowest BCUT2D eigenvalue weighted by Gasteiger charge is -2.33. The molecule has 0 amide bonds. The zero-order valence-corrected chi connectivity index (χ0v) is 19.7. The van der Waals surface area contributed by atoms with Crippen molar-refractivity contribution in [2.45, 2.75) is 5.50 Å². The van der Waals surface area contributed by atoms with Gasteiger partial charge >= 0.3 is 0 Å². The highest BCUT2D eigenvalue weighted by molar-refractivity contribution is 7.71. The molecule has 8 nitrogen and oxygen atoms in total. The largest absolute Gasteiger partial charge is 0.388 e. The van der Waals surface area contributed by atoms with Crippen LogP contribution in [0.3, 0.4) is 0 Å². The second kappa shape index (κ2) is 8.66. The van der Waals surface area contributed by atoms with E-state index in [1.165, 1.54) is 38.2 Å². The van der Waals surface area contributed by atoms with Gasteiger partial charge in [-0.15, -0.1) is 0 Å². The SMILES string of the molecule is BC(O)(c1ccc(F)c(P2(=O)CCN(c3ncccn3)CC2)c1)c1n[nH]c(=O)c2cc(F)ccc12. The Kier molecular flexibility index (Phi) is 5.77. The van der Waals surface area contributed by atoms with Gasteiger partial charge in [0.05, 0.1) is 16.6 Å². The van der Waals surface area contributed by atoms with Gasteiger partial charge in [0.15, 0.2) is 7.85 Å². The number of aromatic amines is 1. The van der Waals surface area contributed by atoms with Crippen LogP contribution in [0.15, 0.2) is 59.7 Å². The normalized spacial score (nSPS) is 17.3. The molecule has 4 aromatic rings. The molecular formula is C23H21BF2N5O3P. The number of fused-ring (bicyclic) bond motifs is 1. The third-order valence-electron chi connectivity index (χ3n) is 6.46. The highest BCUT2D eigenvalue weighted by Crippen LogP contribution is 2.48. The van der Waals surface area contributed by atoms with Crippen molar-refractivity contribution in [3.05, 3.63) is 88.1 Å². The first-order valence-electron chi connectivity index (χ1n) is 11.0. The molecule has 0 saturated carbocycles. The summed E-state index contributed by atoms with van der Waals surface area (Å²) in [5, 5.41) is 18.1. The number of nitrogens with one attached hydrogen (secondary N) is 1. The van der Waals surface area contributed by atoms with E-state index in [4.69, 9.17) is 0 Å². The number of anilines is 1. The number of nitrogens with zero attached hydrogens (tertiary/aromatic N) is 4. The van der Waals surface area contributed by atoms with Gasteiger partial charge in [0.2, 0.25) is 5.95 Å². The molecule has 0 spiro atoms. The maximum absolute atomic E-state index is 15.0. The summed E-state index contributed by atoms with van der Waals surface area (Å²) in [7, 11) is -1.68. The first-order chi connectivity index (χ1) is 16.7. The summed E-state index contributed by atoms with van der Waals surface area (Å²) in [6, 6.07) is 9.29. The number of aromatic nitrogens is 4. The summed E-state index contributed by atoms with van der Waals surface area (Å²) in [6.07, 6.45) is 3.72. The van der Waals surface area contributed by atoms with E-state index in [1.54, 1.807) is 18.5 Å². The lowest BCUT2D eigenvalue weighted by molar-refractivity contribution is 0.167. The van der Waals surface area contributed by atoms with Crippen molar-refractivity contribution in [2.24, 2.45) is 0 Å². The highest BCUT2D eigenvalue weighted by Gasteiger charge is 2.36. The number of rotatable bonds is 4. The molecule has 0 radical (unpaired) electrons. The van der Waals surface area contributed by atoms with Gasteiger partial charge in [0.25, 0.3) is 5.56 Å². The van der Waals surface area contributed by atoms with Crippen LogP contribution in [-0.4, -0.2) is 58.5 Å².